The van der Waals surface area contributed by atoms with Gasteiger partial charge in [-0.2, -0.15) is 0 Å². The number of carbonyl (C=O) groups is 1. The number of aryl methyl sites for hydroxylation is 1. The maximum Gasteiger partial charge on any atom is 0.418 e. The third-order valence-corrected chi connectivity index (χ3v) is 3.82. The lowest BCUT2D eigenvalue weighted by molar-refractivity contribution is 0.213. The van der Waals surface area contributed by atoms with Gasteiger partial charge in [0, 0.05) is 18.0 Å². The molecule has 1 atom stereocenters. The van der Waals surface area contributed by atoms with E-state index in [1.807, 2.05) is 24.3 Å². The topological polar surface area (TPSA) is 98.8 Å². The molecular formula is C17H17ClN4O3. The third-order valence-electron chi connectivity index (χ3n) is 3.60. The Kier molecular flexibility index (Phi) is 5.35. The van der Waals surface area contributed by atoms with Crippen LogP contribution in [0.15, 0.2) is 47.6 Å². The van der Waals surface area contributed by atoms with E-state index in [0.717, 1.165) is 18.4 Å². The smallest absolute Gasteiger partial charge is 0.418 e. The number of aromatic nitrogens is 1. The van der Waals surface area contributed by atoms with Crippen LogP contribution in [0.25, 0.3) is 0 Å². The maximum absolute atomic E-state index is 11.8. The molecule has 1 amide bonds. The fraction of sp³-hybridized carbons (Fsp3) is 0.235. The summed E-state index contributed by atoms with van der Waals surface area (Å²) in [5, 5.41) is 3.12. The first kappa shape index (κ1) is 17.0. The Hall–Kier alpha value is -2.80. The van der Waals surface area contributed by atoms with E-state index in [9.17, 15) is 4.79 Å². The van der Waals surface area contributed by atoms with Crippen molar-refractivity contribution in [2.75, 3.05) is 11.9 Å². The van der Waals surface area contributed by atoms with Crippen molar-refractivity contribution in [3.8, 4) is 5.88 Å². The van der Waals surface area contributed by atoms with Crippen LogP contribution < -0.4 is 15.8 Å². The minimum Gasteiger partial charge on any atom is -0.463 e. The molecule has 0 saturated heterocycles. The van der Waals surface area contributed by atoms with Gasteiger partial charge in [0.05, 0.1) is 11.1 Å². The van der Waals surface area contributed by atoms with Crippen molar-refractivity contribution in [3.05, 3.63) is 53.2 Å². The molecule has 1 aliphatic rings. The fourth-order valence-electron chi connectivity index (χ4n) is 2.33. The molecule has 0 bridgehead atoms. The molecule has 0 unspecified atom stereocenters. The van der Waals surface area contributed by atoms with Crippen molar-refractivity contribution >= 4 is 29.4 Å². The molecule has 8 heteroatoms. The molecule has 0 spiro atoms. The van der Waals surface area contributed by atoms with Gasteiger partial charge in [0.2, 0.25) is 5.88 Å². The Morgan fingerprint density at radius 1 is 1.32 bits per heavy atom. The second-order valence-corrected chi connectivity index (χ2v) is 5.93. The lowest BCUT2D eigenvalue weighted by Gasteiger charge is -2.08. The Morgan fingerprint density at radius 2 is 2.12 bits per heavy atom. The Balaban J connectivity index is 1.48. The van der Waals surface area contributed by atoms with Gasteiger partial charge in [-0.1, -0.05) is 23.7 Å². The van der Waals surface area contributed by atoms with Gasteiger partial charge in [-0.3, -0.25) is 5.32 Å². The monoisotopic (exact) mass is 360 g/mol. The van der Waals surface area contributed by atoms with Crippen molar-refractivity contribution in [2.45, 2.75) is 18.9 Å². The first-order valence-corrected chi connectivity index (χ1v) is 8.12. The number of amidine groups is 1. The van der Waals surface area contributed by atoms with Gasteiger partial charge in [0.1, 0.15) is 6.61 Å². The van der Waals surface area contributed by atoms with Crippen LogP contribution in [0.2, 0.25) is 5.02 Å². The van der Waals surface area contributed by atoms with Crippen molar-refractivity contribution in [1.82, 2.24) is 4.98 Å². The summed E-state index contributed by atoms with van der Waals surface area (Å²) < 4.78 is 10.2. The highest BCUT2D eigenvalue weighted by Crippen LogP contribution is 2.16. The van der Waals surface area contributed by atoms with E-state index in [-0.39, 0.29) is 17.9 Å². The van der Waals surface area contributed by atoms with Crippen LogP contribution in [-0.4, -0.2) is 29.7 Å². The second-order valence-electron chi connectivity index (χ2n) is 5.50. The standard InChI is InChI=1S/C17H17ClN4O3/c18-12-4-8-15(20-9-12)25-17(23)22-13-5-1-11(2-6-13)3-7-14-10-24-16(19)21-14/h1-2,4-6,8-9,14H,3,7,10H2,(H2,19,21)(H,22,23)/t14-/m0/s1. The third kappa shape index (κ3) is 5.09. The number of nitrogens with two attached hydrogens (primary N) is 1. The summed E-state index contributed by atoms with van der Waals surface area (Å²) in [7, 11) is 0. The summed E-state index contributed by atoms with van der Waals surface area (Å²) in [6, 6.07) is 11.0. The minimum atomic E-state index is -0.615. The Labute approximate surface area is 149 Å². The van der Waals surface area contributed by atoms with Crippen molar-refractivity contribution in [1.29, 1.82) is 0 Å². The van der Waals surface area contributed by atoms with E-state index in [4.69, 9.17) is 26.8 Å². The quantitative estimate of drug-likeness (QED) is 0.853. The number of carbonyl (C=O) groups excluding carboxylic acids is 1. The zero-order valence-corrected chi connectivity index (χ0v) is 14.1. The molecule has 1 aromatic heterocycles. The number of halogens is 1. The van der Waals surface area contributed by atoms with Crippen LogP contribution in [0.3, 0.4) is 0 Å². The number of ether oxygens (including phenoxy) is 2. The van der Waals surface area contributed by atoms with Gasteiger partial charge >= 0.3 is 6.09 Å². The molecule has 2 heterocycles. The maximum atomic E-state index is 11.8. The van der Waals surface area contributed by atoms with E-state index in [1.54, 1.807) is 6.07 Å². The zero-order valence-electron chi connectivity index (χ0n) is 13.3. The van der Waals surface area contributed by atoms with Crippen molar-refractivity contribution in [3.63, 3.8) is 0 Å². The summed E-state index contributed by atoms with van der Waals surface area (Å²) in [5.74, 6) is 0.178. The van der Waals surface area contributed by atoms with Gasteiger partial charge in [0.15, 0.2) is 0 Å². The van der Waals surface area contributed by atoms with Crippen LogP contribution in [0.5, 0.6) is 5.88 Å². The summed E-state index contributed by atoms with van der Waals surface area (Å²) in [6.07, 6.45) is 2.50. The van der Waals surface area contributed by atoms with E-state index in [2.05, 4.69) is 15.3 Å². The number of nitrogens with one attached hydrogen (secondary N) is 1. The minimum absolute atomic E-state index is 0.111. The van der Waals surface area contributed by atoms with E-state index >= 15 is 0 Å². The number of pyridine rings is 1. The molecule has 1 aromatic carbocycles. The second kappa shape index (κ2) is 7.85. The largest absolute Gasteiger partial charge is 0.463 e. The van der Waals surface area contributed by atoms with Gasteiger partial charge in [-0.25, -0.2) is 14.8 Å². The number of amides is 1. The van der Waals surface area contributed by atoms with E-state index < -0.39 is 6.09 Å². The average Bonchev–Trinajstić information content (AvgIpc) is 3.02. The lowest BCUT2D eigenvalue weighted by Crippen LogP contribution is -2.17. The Morgan fingerprint density at radius 3 is 2.76 bits per heavy atom. The first-order chi connectivity index (χ1) is 12.1. The summed E-state index contributed by atoms with van der Waals surface area (Å²) >= 11 is 5.73. The number of nitrogens with zero attached hydrogens (tertiary/aromatic N) is 2. The van der Waals surface area contributed by atoms with E-state index in [0.29, 0.717) is 17.3 Å². The van der Waals surface area contributed by atoms with Crippen LogP contribution >= 0.6 is 11.6 Å². The molecule has 25 heavy (non-hydrogen) atoms. The van der Waals surface area contributed by atoms with Crippen LogP contribution in [0.4, 0.5) is 10.5 Å². The summed E-state index contributed by atoms with van der Waals surface area (Å²) in [6.45, 7) is 0.538. The molecule has 3 rings (SSSR count). The van der Waals surface area contributed by atoms with Crippen LogP contribution in [-0.2, 0) is 11.2 Å². The van der Waals surface area contributed by atoms with Crippen LogP contribution in [0.1, 0.15) is 12.0 Å². The molecule has 130 valence electrons. The average molecular weight is 361 g/mol. The SMILES string of the molecule is NC1=N[C@@H](CCc2ccc(NC(=O)Oc3ccc(Cl)cn3)cc2)CO1. The highest BCUT2D eigenvalue weighted by Gasteiger charge is 2.16. The molecular weight excluding hydrogens is 344 g/mol. The predicted octanol–water partition coefficient (Wildman–Crippen LogP) is 2.99. The normalized spacial score (nSPS) is 16.0. The molecule has 0 aliphatic carbocycles. The molecule has 3 N–H and O–H groups in total. The lowest BCUT2D eigenvalue weighted by atomic mass is 10.1. The Bertz CT molecular complexity index is 762. The highest BCUT2D eigenvalue weighted by atomic mass is 35.5. The number of anilines is 1. The molecule has 2 aromatic rings. The number of benzene rings is 1. The number of rotatable bonds is 5. The molecule has 1 aliphatic heterocycles. The van der Waals surface area contributed by atoms with Gasteiger partial charge in [0.25, 0.3) is 6.02 Å². The van der Waals surface area contributed by atoms with Crippen molar-refractivity contribution in [2.24, 2.45) is 10.7 Å². The van der Waals surface area contributed by atoms with Gasteiger partial charge in [-0.05, 0) is 36.6 Å². The summed E-state index contributed by atoms with van der Waals surface area (Å²) in [5.41, 5.74) is 7.26. The molecule has 0 radical (unpaired) electrons. The summed E-state index contributed by atoms with van der Waals surface area (Å²) in [4.78, 5) is 19.9. The predicted molar refractivity (Wildman–Crippen MR) is 95.0 cm³/mol. The van der Waals surface area contributed by atoms with E-state index in [1.165, 1.54) is 12.3 Å². The zero-order chi connectivity index (χ0) is 17.6. The molecule has 0 saturated carbocycles. The van der Waals surface area contributed by atoms with Crippen molar-refractivity contribution < 1.29 is 14.3 Å². The molecule has 7 nitrogen and oxygen atoms in total. The fourth-order valence-corrected chi connectivity index (χ4v) is 2.44. The molecule has 0 fully saturated rings. The highest BCUT2D eigenvalue weighted by molar-refractivity contribution is 6.30. The number of aliphatic imine (C=N–C) groups is 1. The number of hydrogen-bond acceptors (Lipinski definition) is 6. The van der Waals surface area contributed by atoms with Gasteiger partial charge in [-0.15, -0.1) is 0 Å². The first-order valence-electron chi connectivity index (χ1n) is 7.74. The van der Waals surface area contributed by atoms with Gasteiger partial charge < -0.3 is 15.2 Å². The number of hydrogen-bond donors (Lipinski definition) is 2. The van der Waals surface area contributed by atoms with Crippen LogP contribution in [0, 0.1) is 0 Å².